The highest BCUT2D eigenvalue weighted by Gasteiger charge is 2.48. The molecule has 0 radical (unpaired) electrons. The molecule has 1 N–H and O–H groups in total. The van der Waals surface area contributed by atoms with E-state index in [1.165, 1.54) is 26.4 Å². The Morgan fingerprint density at radius 1 is 1.30 bits per heavy atom. The molecule has 30 heavy (non-hydrogen) atoms. The van der Waals surface area contributed by atoms with Crippen LogP contribution in [0.1, 0.15) is 31.0 Å². The lowest BCUT2D eigenvalue weighted by Crippen LogP contribution is -2.46. The third-order valence-electron chi connectivity index (χ3n) is 5.12. The van der Waals surface area contributed by atoms with Crippen molar-refractivity contribution in [2.45, 2.75) is 31.7 Å². The molecule has 1 aromatic carbocycles. The van der Waals surface area contributed by atoms with Crippen LogP contribution in [0.25, 0.3) is 10.9 Å². The Kier molecular flexibility index (Phi) is 6.33. The molecule has 0 amide bonds. The van der Waals surface area contributed by atoms with E-state index in [2.05, 4.69) is 4.98 Å². The van der Waals surface area contributed by atoms with Crippen molar-refractivity contribution in [3.05, 3.63) is 59.6 Å². The Morgan fingerprint density at radius 3 is 2.67 bits per heavy atom. The van der Waals surface area contributed by atoms with Gasteiger partial charge in [-0.25, -0.2) is 13.2 Å². The lowest BCUT2D eigenvalue weighted by atomic mass is 9.96. The van der Waals surface area contributed by atoms with Crippen LogP contribution in [0.4, 0.5) is 17.7 Å². The largest absolute Gasteiger partial charge is 0.496 e. The summed E-state index contributed by atoms with van der Waals surface area (Å²) in [6.07, 6.45) is 2.42. The van der Waals surface area contributed by atoms with Crippen LogP contribution in [0.5, 0.6) is 5.75 Å². The van der Waals surface area contributed by atoms with Crippen molar-refractivity contribution < 1.29 is 27.5 Å². The number of likely N-dealkylation sites (N-methyl/N-ethyl adjacent to an activating group) is 1. The topological polar surface area (TPSA) is 50.5 Å². The van der Waals surface area contributed by atoms with Crippen molar-refractivity contribution in [3.63, 3.8) is 0 Å². The van der Waals surface area contributed by atoms with Crippen molar-refractivity contribution in [3.8, 4) is 5.75 Å². The SMILES string of the molecule is CCCC(O)CN(C)C(F)(c1ccc(F)cc1OC)c1c(F)c2cnccc2n1F. The summed E-state index contributed by atoms with van der Waals surface area (Å²) in [5, 5.41) is 10.0. The van der Waals surface area contributed by atoms with Crippen molar-refractivity contribution in [1.29, 1.82) is 0 Å². The van der Waals surface area contributed by atoms with Crippen LogP contribution in [-0.2, 0) is 5.79 Å². The molecule has 0 aliphatic heterocycles. The van der Waals surface area contributed by atoms with Crippen LogP contribution < -0.4 is 4.74 Å². The molecule has 2 heterocycles. The maximum Gasteiger partial charge on any atom is 0.239 e. The zero-order chi connectivity index (χ0) is 22.1. The van der Waals surface area contributed by atoms with Crippen molar-refractivity contribution in [1.82, 2.24) is 14.7 Å². The second kappa shape index (κ2) is 8.61. The van der Waals surface area contributed by atoms with Gasteiger partial charge in [0.1, 0.15) is 17.3 Å². The Bertz CT molecular complexity index is 1000. The fourth-order valence-corrected chi connectivity index (χ4v) is 3.66. The zero-order valence-electron chi connectivity index (χ0n) is 16.9. The summed E-state index contributed by atoms with van der Waals surface area (Å²) < 4.78 is 66.3. The van der Waals surface area contributed by atoms with Crippen LogP contribution in [0, 0.1) is 11.6 Å². The number of hydrogen-bond donors (Lipinski definition) is 1. The molecule has 3 aromatic rings. The molecule has 0 aliphatic carbocycles. The van der Waals surface area contributed by atoms with E-state index in [9.17, 15) is 9.50 Å². The highest BCUT2D eigenvalue weighted by Crippen LogP contribution is 2.45. The number of benzene rings is 1. The maximum absolute atomic E-state index is 16.9. The molecule has 2 unspecified atom stereocenters. The van der Waals surface area contributed by atoms with Gasteiger partial charge in [-0.2, -0.15) is 4.79 Å². The number of nitrogens with zero attached hydrogens (tertiary/aromatic N) is 3. The summed E-state index contributed by atoms with van der Waals surface area (Å²) in [5.41, 5.74) is -1.45. The molecule has 0 saturated carbocycles. The number of methoxy groups -OCH3 is 1. The predicted octanol–water partition coefficient (Wildman–Crippen LogP) is 4.32. The van der Waals surface area contributed by atoms with E-state index in [4.69, 9.17) is 4.74 Å². The molecular formula is C21H23F4N3O2. The van der Waals surface area contributed by atoms with Gasteiger partial charge in [0.25, 0.3) is 0 Å². The average Bonchev–Trinajstić information content (AvgIpc) is 2.98. The molecule has 2 aromatic heterocycles. The van der Waals surface area contributed by atoms with Gasteiger partial charge in [0.2, 0.25) is 5.79 Å². The number of alkyl halides is 1. The highest BCUT2D eigenvalue weighted by atomic mass is 19.2. The number of pyridine rings is 1. The van der Waals surface area contributed by atoms with E-state index >= 15 is 13.3 Å². The smallest absolute Gasteiger partial charge is 0.239 e. The van der Waals surface area contributed by atoms with Gasteiger partial charge in [-0.15, -0.1) is 0 Å². The lowest BCUT2D eigenvalue weighted by molar-refractivity contribution is -0.0275. The summed E-state index contributed by atoms with van der Waals surface area (Å²) in [6.45, 7) is 1.62. The van der Waals surface area contributed by atoms with Gasteiger partial charge in [-0.05, 0) is 31.7 Å². The van der Waals surface area contributed by atoms with Crippen molar-refractivity contribution in [2.75, 3.05) is 20.7 Å². The molecule has 9 heteroatoms. The number of ether oxygens (including phenoxy) is 1. The normalized spacial score (nSPS) is 14.8. The lowest BCUT2D eigenvalue weighted by Gasteiger charge is -2.36. The quantitative estimate of drug-likeness (QED) is 0.432. The summed E-state index contributed by atoms with van der Waals surface area (Å²) in [7, 11) is 2.49. The van der Waals surface area contributed by atoms with Crippen LogP contribution in [0.3, 0.4) is 0 Å². The van der Waals surface area contributed by atoms with Crippen LogP contribution in [0.2, 0.25) is 0 Å². The first kappa shape index (κ1) is 22.0. The molecular weight excluding hydrogens is 402 g/mol. The molecule has 0 bridgehead atoms. The van der Waals surface area contributed by atoms with Crippen LogP contribution in [-0.4, -0.2) is 46.6 Å². The Balaban J connectivity index is 2.29. The van der Waals surface area contributed by atoms with E-state index in [1.54, 1.807) is 0 Å². The summed E-state index contributed by atoms with van der Waals surface area (Å²) in [4.78, 5) is 4.68. The maximum atomic E-state index is 16.9. The summed E-state index contributed by atoms with van der Waals surface area (Å²) >= 11 is 0. The summed E-state index contributed by atoms with van der Waals surface area (Å²) in [6, 6.07) is 4.21. The minimum absolute atomic E-state index is 0.0855. The number of halogens is 4. The van der Waals surface area contributed by atoms with E-state index in [-0.39, 0.29) is 33.5 Å². The van der Waals surface area contributed by atoms with Gasteiger partial charge in [-0.3, -0.25) is 9.88 Å². The fourth-order valence-electron chi connectivity index (χ4n) is 3.66. The Labute approximate surface area is 171 Å². The summed E-state index contributed by atoms with van der Waals surface area (Å²) in [5.74, 6) is -4.99. The van der Waals surface area contributed by atoms with E-state index < -0.39 is 29.2 Å². The third-order valence-corrected chi connectivity index (χ3v) is 5.12. The first-order valence-electron chi connectivity index (χ1n) is 9.48. The molecule has 0 spiro atoms. The predicted molar refractivity (Wildman–Crippen MR) is 105 cm³/mol. The Morgan fingerprint density at radius 2 is 2.03 bits per heavy atom. The minimum atomic E-state index is -2.92. The van der Waals surface area contributed by atoms with Gasteiger partial charge in [0.05, 0.1) is 29.7 Å². The number of rotatable bonds is 8. The van der Waals surface area contributed by atoms with E-state index in [0.717, 1.165) is 29.3 Å². The monoisotopic (exact) mass is 425 g/mol. The number of fused-ring (bicyclic) bond motifs is 1. The van der Waals surface area contributed by atoms with Gasteiger partial charge >= 0.3 is 0 Å². The second-order valence-corrected chi connectivity index (χ2v) is 7.13. The van der Waals surface area contributed by atoms with Crippen LogP contribution >= 0.6 is 0 Å². The first-order chi connectivity index (χ1) is 14.2. The first-order valence-corrected chi connectivity index (χ1v) is 9.48. The van der Waals surface area contributed by atoms with Gasteiger partial charge < -0.3 is 9.84 Å². The zero-order valence-corrected chi connectivity index (χ0v) is 16.9. The number of aliphatic hydroxyl groups excluding tert-OH is 1. The second-order valence-electron chi connectivity index (χ2n) is 7.13. The van der Waals surface area contributed by atoms with E-state index in [0.29, 0.717) is 12.8 Å². The molecule has 0 saturated heterocycles. The minimum Gasteiger partial charge on any atom is -0.496 e. The third kappa shape index (κ3) is 3.63. The van der Waals surface area contributed by atoms with Crippen molar-refractivity contribution in [2.24, 2.45) is 0 Å². The standard InChI is InChI=1S/C21H23F4N3O2/c1-4-5-14(29)12-27(2)21(24,16-7-6-13(22)10-18(16)30-3)20-19(23)15-11-26-9-8-17(15)28(20)25/h6-11,14,29H,4-5,12H2,1-3H3. The van der Waals surface area contributed by atoms with Crippen molar-refractivity contribution >= 4 is 10.9 Å². The van der Waals surface area contributed by atoms with Crippen LogP contribution in [0.15, 0.2) is 36.7 Å². The fraction of sp³-hybridized carbons (Fsp3) is 0.381. The Hall–Kier alpha value is -2.65. The molecule has 5 nitrogen and oxygen atoms in total. The molecule has 3 rings (SSSR count). The molecule has 0 fully saturated rings. The van der Waals surface area contributed by atoms with Gasteiger partial charge in [0, 0.05) is 25.0 Å². The van der Waals surface area contributed by atoms with Gasteiger partial charge in [0.15, 0.2) is 5.82 Å². The molecule has 0 aliphatic rings. The number of aliphatic hydroxyl groups is 1. The number of aromatic nitrogens is 2. The molecule has 2 atom stereocenters. The molecule has 162 valence electrons. The van der Waals surface area contributed by atoms with E-state index in [1.807, 2.05) is 6.92 Å². The highest BCUT2D eigenvalue weighted by molar-refractivity contribution is 5.81. The van der Waals surface area contributed by atoms with Gasteiger partial charge in [-0.1, -0.05) is 17.8 Å². The average molecular weight is 425 g/mol. The number of hydrogen-bond acceptors (Lipinski definition) is 4.